The SMILES string of the molecule is C1CN[C@@H](CCN2CCNCC2)C1. The molecule has 2 aliphatic rings. The molecule has 3 heteroatoms. The minimum atomic E-state index is 0.815. The van der Waals surface area contributed by atoms with Crippen molar-refractivity contribution < 1.29 is 0 Å². The lowest BCUT2D eigenvalue weighted by Crippen LogP contribution is -2.44. The van der Waals surface area contributed by atoms with Crippen LogP contribution < -0.4 is 10.6 Å². The summed E-state index contributed by atoms with van der Waals surface area (Å²) in [5.41, 5.74) is 0. The summed E-state index contributed by atoms with van der Waals surface area (Å²) in [4.78, 5) is 2.58. The monoisotopic (exact) mass is 183 g/mol. The zero-order chi connectivity index (χ0) is 8.93. The Kier molecular flexibility index (Phi) is 3.58. The quantitative estimate of drug-likeness (QED) is 0.646. The molecule has 3 nitrogen and oxygen atoms in total. The molecule has 2 N–H and O–H groups in total. The Morgan fingerprint density at radius 2 is 2.00 bits per heavy atom. The van der Waals surface area contributed by atoms with Crippen LogP contribution in [0.5, 0.6) is 0 Å². The van der Waals surface area contributed by atoms with Gasteiger partial charge in [-0.2, -0.15) is 0 Å². The first kappa shape index (κ1) is 9.44. The van der Waals surface area contributed by atoms with E-state index in [-0.39, 0.29) is 0 Å². The maximum absolute atomic E-state index is 3.55. The molecule has 2 fully saturated rings. The summed E-state index contributed by atoms with van der Waals surface area (Å²) < 4.78 is 0. The Balaban J connectivity index is 1.60. The predicted molar refractivity (Wildman–Crippen MR) is 55.0 cm³/mol. The molecule has 0 radical (unpaired) electrons. The standard InChI is InChI=1S/C10H21N3/c1-2-10(12-4-1)3-7-13-8-5-11-6-9-13/h10-12H,1-9H2/t10-/m1/s1. The first-order chi connectivity index (χ1) is 6.45. The zero-order valence-electron chi connectivity index (χ0n) is 8.39. The fourth-order valence-corrected chi connectivity index (χ4v) is 2.28. The van der Waals surface area contributed by atoms with Crippen LogP contribution in [0.25, 0.3) is 0 Å². The van der Waals surface area contributed by atoms with Crippen LogP contribution in [0.1, 0.15) is 19.3 Å². The Hall–Kier alpha value is -0.120. The normalized spacial score (nSPS) is 30.9. The van der Waals surface area contributed by atoms with Crippen LogP contribution in [0.15, 0.2) is 0 Å². The third kappa shape index (κ3) is 2.93. The molecule has 0 unspecified atom stereocenters. The average molecular weight is 183 g/mol. The Morgan fingerprint density at radius 3 is 2.69 bits per heavy atom. The second-order valence-corrected chi connectivity index (χ2v) is 4.17. The molecule has 0 aromatic carbocycles. The van der Waals surface area contributed by atoms with Crippen LogP contribution in [-0.4, -0.2) is 50.2 Å². The van der Waals surface area contributed by atoms with Gasteiger partial charge in [0.05, 0.1) is 0 Å². The van der Waals surface area contributed by atoms with E-state index < -0.39 is 0 Å². The molecular formula is C10H21N3. The van der Waals surface area contributed by atoms with Crippen LogP contribution in [0.2, 0.25) is 0 Å². The Labute approximate surface area is 80.9 Å². The number of nitrogens with zero attached hydrogens (tertiary/aromatic N) is 1. The molecule has 2 rings (SSSR count). The van der Waals surface area contributed by atoms with E-state index >= 15 is 0 Å². The smallest absolute Gasteiger partial charge is 0.0107 e. The molecule has 0 amide bonds. The van der Waals surface area contributed by atoms with E-state index in [1.165, 1.54) is 58.5 Å². The molecule has 0 aliphatic carbocycles. The van der Waals surface area contributed by atoms with Crippen molar-refractivity contribution in [3.63, 3.8) is 0 Å². The van der Waals surface area contributed by atoms with E-state index in [1.807, 2.05) is 0 Å². The lowest BCUT2D eigenvalue weighted by atomic mass is 10.1. The summed E-state index contributed by atoms with van der Waals surface area (Å²) in [6, 6.07) is 0.815. The van der Waals surface area contributed by atoms with Crippen molar-refractivity contribution in [2.24, 2.45) is 0 Å². The highest BCUT2D eigenvalue weighted by Crippen LogP contribution is 2.09. The van der Waals surface area contributed by atoms with Crippen LogP contribution >= 0.6 is 0 Å². The molecule has 2 aliphatic heterocycles. The molecule has 0 aromatic heterocycles. The van der Waals surface area contributed by atoms with Crippen LogP contribution in [0.4, 0.5) is 0 Å². The van der Waals surface area contributed by atoms with Gasteiger partial charge in [-0.1, -0.05) is 0 Å². The maximum Gasteiger partial charge on any atom is 0.0107 e. The Bertz CT molecular complexity index is 137. The van der Waals surface area contributed by atoms with Gasteiger partial charge in [0.1, 0.15) is 0 Å². The number of hydrogen-bond acceptors (Lipinski definition) is 3. The fourth-order valence-electron chi connectivity index (χ4n) is 2.28. The topological polar surface area (TPSA) is 27.3 Å². The molecule has 0 bridgehead atoms. The fraction of sp³-hybridized carbons (Fsp3) is 1.00. The van der Waals surface area contributed by atoms with Gasteiger partial charge < -0.3 is 15.5 Å². The second-order valence-electron chi connectivity index (χ2n) is 4.17. The second kappa shape index (κ2) is 4.94. The summed E-state index contributed by atoms with van der Waals surface area (Å²) >= 11 is 0. The van der Waals surface area contributed by atoms with Crippen LogP contribution in [-0.2, 0) is 0 Å². The number of rotatable bonds is 3. The van der Waals surface area contributed by atoms with Gasteiger partial charge in [-0.3, -0.25) is 0 Å². The van der Waals surface area contributed by atoms with Crippen molar-refractivity contribution in [2.45, 2.75) is 25.3 Å². The highest BCUT2D eigenvalue weighted by molar-refractivity contribution is 4.76. The van der Waals surface area contributed by atoms with Crippen LogP contribution in [0, 0.1) is 0 Å². The van der Waals surface area contributed by atoms with Gasteiger partial charge in [-0.05, 0) is 32.4 Å². The number of piperazine rings is 1. The first-order valence-corrected chi connectivity index (χ1v) is 5.61. The molecule has 0 aromatic rings. The number of hydrogen-bond donors (Lipinski definition) is 2. The van der Waals surface area contributed by atoms with Gasteiger partial charge in [-0.25, -0.2) is 0 Å². The third-order valence-corrected chi connectivity index (χ3v) is 3.17. The molecule has 0 saturated carbocycles. The number of nitrogens with one attached hydrogen (secondary N) is 2. The third-order valence-electron chi connectivity index (χ3n) is 3.17. The predicted octanol–water partition coefficient (Wildman–Crippen LogP) is 0.0337. The average Bonchev–Trinajstić information content (AvgIpc) is 2.69. The van der Waals surface area contributed by atoms with Crippen molar-refractivity contribution in [1.82, 2.24) is 15.5 Å². The Morgan fingerprint density at radius 1 is 1.15 bits per heavy atom. The van der Waals surface area contributed by atoms with Crippen molar-refractivity contribution in [1.29, 1.82) is 0 Å². The van der Waals surface area contributed by atoms with Gasteiger partial charge in [-0.15, -0.1) is 0 Å². The van der Waals surface area contributed by atoms with Crippen LogP contribution in [0.3, 0.4) is 0 Å². The lowest BCUT2D eigenvalue weighted by molar-refractivity contribution is 0.230. The molecule has 0 spiro atoms. The molecule has 13 heavy (non-hydrogen) atoms. The van der Waals surface area contributed by atoms with Gasteiger partial charge >= 0.3 is 0 Å². The summed E-state index contributed by atoms with van der Waals surface area (Å²) in [5.74, 6) is 0. The highest BCUT2D eigenvalue weighted by atomic mass is 15.2. The minimum absolute atomic E-state index is 0.815. The van der Waals surface area contributed by atoms with Gasteiger partial charge in [0.15, 0.2) is 0 Å². The zero-order valence-corrected chi connectivity index (χ0v) is 8.39. The van der Waals surface area contributed by atoms with Crippen molar-refractivity contribution >= 4 is 0 Å². The molecule has 1 atom stereocenters. The summed E-state index contributed by atoms with van der Waals surface area (Å²) in [7, 11) is 0. The molecule has 2 saturated heterocycles. The first-order valence-electron chi connectivity index (χ1n) is 5.61. The van der Waals surface area contributed by atoms with Crippen molar-refractivity contribution in [2.75, 3.05) is 39.3 Å². The van der Waals surface area contributed by atoms with E-state index in [0.717, 1.165) is 6.04 Å². The summed E-state index contributed by atoms with van der Waals surface area (Å²) in [5, 5.41) is 6.94. The van der Waals surface area contributed by atoms with Crippen molar-refractivity contribution in [3.8, 4) is 0 Å². The maximum atomic E-state index is 3.55. The van der Waals surface area contributed by atoms with E-state index in [1.54, 1.807) is 0 Å². The highest BCUT2D eigenvalue weighted by Gasteiger charge is 2.16. The largest absolute Gasteiger partial charge is 0.314 e. The summed E-state index contributed by atoms with van der Waals surface area (Å²) in [6.45, 7) is 7.38. The molecular weight excluding hydrogens is 162 g/mol. The van der Waals surface area contributed by atoms with E-state index in [4.69, 9.17) is 0 Å². The van der Waals surface area contributed by atoms with Gasteiger partial charge in [0.25, 0.3) is 0 Å². The minimum Gasteiger partial charge on any atom is -0.314 e. The van der Waals surface area contributed by atoms with E-state index in [2.05, 4.69) is 15.5 Å². The summed E-state index contributed by atoms with van der Waals surface area (Å²) in [6.07, 6.45) is 4.12. The molecule has 2 heterocycles. The van der Waals surface area contributed by atoms with Gasteiger partial charge in [0, 0.05) is 32.2 Å². The lowest BCUT2D eigenvalue weighted by Gasteiger charge is -2.28. The van der Waals surface area contributed by atoms with Gasteiger partial charge in [0.2, 0.25) is 0 Å². The van der Waals surface area contributed by atoms with E-state index in [0.29, 0.717) is 0 Å². The molecule has 76 valence electrons. The van der Waals surface area contributed by atoms with E-state index in [9.17, 15) is 0 Å². The van der Waals surface area contributed by atoms with Crippen molar-refractivity contribution in [3.05, 3.63) is 0 Å².